The van der Waals surface area contributed by atoms with Crippen LogP contribution in [0.5, 0.6) is 0 Å². The molecule has 1 aromatic carbocycles. The number of rotatable bonds is 4. The average molecular weight is 298 g/mol. The van der Waals surface area contributed by atoms with Gasteiger partial charge in [-0.2, -0.15) is 0 Å². The number of benzene rings is 1. The van der Waals surface area contributed by atoms with E-state index in [1.165, 1.54) is 23.5 Å². The first-order chi connectivity index (χ1) is 10.2. The second-order valence-electron chi connectivity index (χ2n) is 4.20. The number of nitro groups is 1. The van der Waals surface area contributed by atoms with E-state index in [-0.39, 0.29) is 5.69 Å². The van der Waals surface area contributed by atoms with Gasteiger partial charge in [0, 0.05) is 41.2 Å². The van der Waals surface area contributed by atoms with Crippen LogP contribution in [0, 0.1) is 10.1 Å². The molecule has 1 N–H and O–H groups in total. The summed E-state index contributed by atoms with van der Waals surface area (Å²) in [6.45, 7) is 0. The summed E-state index contributed by atoms with van der Waals surface area (Å²) in [5.74, 6) is 0. The fraction of sp³-hybridized carbons (Fsp3) is 0. The quantitative estimate of drug-likeness (QED) is 0.584. The number of anilines is 2. The number of hydrogen-bond donors (Lipinski definition) is 1. The minimum Gasteiger partial charge on any atom is -0.331 e. The SMILES string of the molecule is O=[N+]([O-])c1ccc(-c2csc(Nc3ccncc3)n2)cc1. The molecule has 0 aliphatic rings. The smallest absolute Gasteiger partial charge is 0.269 e. The monoisotopic (exact) mass is 298 g/mol. The highest BCUT2D eigenvalue weighted by molar-refractivity contribution is 7.14. The van der Waals surface area contributed by atoms with Crippen LogP contribution in [-0.2, 0) is 0 Å². The highest BCUT2D eigenvalue weighted by Gasteiger charge is 2.08. The molecule has 0 radical (unpaired) electrons. The summed E-state index contributed by atoms with van der Waals surface area (Å²) in [5.41, 5.74) is 2.62. The Hall–Kier alpha value is -2.80. The molecule has 0 aliphatic heterocycles. The zero-order valence-corrected chi connectivity index (χ0v) is 11.6. The van der Waals surface area contributed by atoms with Crippen molar-refractivity contribution in [1.29, 1.82) is 0 Å². The Morgan fingerprint density at radius 2 is 1.81 bits per heavy atom. The van der Waals surface area contributed by atoms with Gasteiger partial charge in [-0.25, -0.2) is 4.98 Å². The maximum Gasteiger partial charge on any atom is 0.269 e. The first-order valence-corrected chi connectivity index (χ1v) is 6.98. The zero-order chi connectivity index (χ0) is 14.7. The van der Waals surface area contributed by atoms with Crippen LogP contribution in [0.25, 0.3) is 11.3 Å². The summed E-state index contributed by atoms with van der Waals surface area (Å²) in [4.78, 5) is 18.6. The fourth-order valence-electron chi connectivity index (χ4n) is 1.78. The van der Waals surface area contributed by atoms with Gasteiger partial charge in [-0.05, 0) is 24.3 Å². The molecule has 0 aliphatic carbocycles. The number of thiazole rings is 1. The van der Waals surface area contributed by atoms with Crippen molar-refractivity contribution >= 4 is 27.8 Å². The molecule has 3 rings (SSSR count). The van der Waals surface area contributed by atoms with Gasteiger partial charge in [0.05, 0.1) is 10.6 Å². The summed E-state index contributed by atoms with van der Waals surface area (Å²) in [6, 6.07) is 10.1. The number of nitro benzene ring substituents is 1. The molecule has 0 spiro atoms. The maximum absolute atomic E-state index is 10.6. The lowest BCUT2D eigenvalue weighted by Gasteiger charge is -2.00. The Bertz CT molecular complexity index is 756. The Morgan fingerprint density at radius 3 is 2.48 bits per heavy atom. The molecule has 0 bridgehead atoms. The summed E-state index contributed by atoms with van der Waals surface area (Å²) >= 11 is 1.47. The van der Waals surface area contributed by atoms with E-state index in [1.807, 2.05) is 17.5 Å². The lowest BCUT2D eigenvalue weighted by molar-refractivity contribution is -0.384. The lowest BCUT2D eigenvalue weighted by Crippen LogP contribution is -1.90. The molecule has 7 heteroatoms. The molecule has 3 aromatic rings. The van der Waals surface area contributed by atoms with E-state index in [9.17, 15) is 10.1 Å². The molecule has 0 amide bonds. The van der Waals surface area contributed by atoms with E-state index in [4.69, 9.17) is 0 Å². The van der Waals surface area contributed by atoms with Crippen molar-refractivity contribution in [3.8, 4) is 11.3 Å². The minimum absolute atomic E-state index is 0.0733. The van der Waals surface area contributed by atoms with Crippen LogP contribution in [0.2, 0.25) is 0 Å². The number of pyridine rings is 1. The van der Waals surface area contributed by atoms with Crippen LogP contribution in [0.1, 0.15) is 0 Å². The third kappa shape index (κ3) is 3.03. The molecular weight excluding hydrogens is 288 g/mol. The third-order valence-electron chi connectivity index (χ3n) is 2.81. The van der Waals surface area contributed by atoms with Crippen molar-refractivity contribution < 1.29 is 4.92 Å². The summed E-state index contributed by atoms with van der Waals surface area (Å²) in [5, 5.41) is 16.5. The van der Waals surface area contributed by atoms with E-state index in [0.29, 0.717) is 0 Å². The van der Waals surface area contributed by atoms with Gasteiger partial charge in [-0.15, -0.1) is 11.3 Å². The van der Waals surface area contributed by atoms with Crippen molar-refractivity contribution in [2.75, 3.05) is 5.32 Å². The van der Waals surface area contributed by atoms with Crippen LogP contribution in [-0.4, -0.2) is 14.9 Å². The molecule has 0 fully saturated rings. The van der Waals surface area contributed by atoms with Gasteiger partial charge in [-0.1, -0.05) is 0 Å². The molecule has 0 saturated carbocycles. The van der Waals surface area contributed by atoms with Gasteiger partial charge in [-0.3, -0.25) is 15.1 Å². The predicted octanol–water partition coefficient (Wildman–Crippen LogP) is 3.86. The number of aromatic nitrogens is 2. The van der Waals surface area contributed by atoms with Crippen LogP contribution < -0.4 is 5.32 Å². The van der Waals surface area contributed by atoms with Gasteiger partial charge in [0.15, 0.2) is 5.13 Å². The van der Waals surface area contributed by atoms with Gasteiger partial charge >= 0.3 is 0 Å². The molecule has 0 saturated heterocycles. The number of nitrogens with one attached hydrogen (secondary N) is 1. The molecule has 0 atom stereocenters. The standard InChI is InChI=1S/C14H10N4O2S/c19-18(20)12-3-1-10(2-4-12)13-9-21-14(17-13)16-11-5-7-15-8-6-11/h1-9H,(H,15,16,17). The van der Waals surface area contributed by atoms with Gasteiger partial charge < -0.3 is 5.32 Å². The largest absolute Gasteiger partial charge is 0.331 e. The number of nitrogens with zero attached hydrogens (tertiary/aromatic N) is 3. The van der Waals surface area contributed by atoms with Gasteiger partial charge in [0.25, 0.3) is 5.69 Å². The highest BCUT2D eigenvalue weighted by Crippen LogP contribution is 2.28. The van der Waals surface area contributed by atoms with E-state index in [1.54, 1.807) is 24.5 Å². The Labute approximate surface area is 124 Å². The fourth-order valence-corrected chi connectivity index (χ4v) is 2.52. The number of non-ortho nitro benzene ring substituents is 1. The summed E-state index contributed by atoms with van der Waals surface area (Å²) in [6.07, 6.45) is 3.40. The third-order valence-corrected chi connectivity index (χ3v) is 3.57. The summed E-state index contributed by atoms with van der Waals surface area (Å²) in [7, 11) is 0. The Kier molecular flexibility index (Phi) is 3.57. The normalized spacial score (nSPS) is 10.3. The molecule has 21 heavy (non-hydrogen) atoms. The predicted molar refractivity (Wildman–Crippen MR) is 81.7 cm³/mol. The van der Waals surface area contributed by atoms with Crippen LogP contribution in [0.15, 0.2) is 54.2 Å². The van der Waals surface area contributed by atoms with Crippen molar-refractivity contribution in [3.05, 3.63) is 64.3 Å². The Balaban J connectivity index is 1.80. The molecule has 2 aromatic heterocycles. The molecule has 2 heterocycles. The molecule has 6 nitrogen and oxygen atoms in total. The van der Waals surface area contributed by atoms with Crippen molar-refractivity contribution in [2.45, 2.75) is 0 Å². The first-order valence-electron chi connectivity index (χ1n) is 6.10. The van der Waals surface area contributed by atoms with Gasteiger partial charge in [0.1, 0.15) is 0 Å². The Morgan fingerprint density at radius 1 is 1.10 bits per heavy atom. The second kappa shape index (κ2) is 5.68. The molecular formula is C14H10N4O2S. The van der Waals surface area contributed by atoms with Crippen molar-refractivity contribution in [1.82, 2.24) is 9.97 Å². The van der Waals surface area contributed by atoms with Crippen LogP contribution in [0.4, 0.5) is 16.5 Å². The molecule has 104 valence electrons. The molecule has 0 unspecified atom stereocenters. The van der Waals surface area contributed by atoms with Crippen molar-refractivity contribution in [2.24, 2.45) is 0 Å². The van der Waals surface area contributed by atoms with Gasteiger partial charge in [0.2, 0.25) is 0 Å². The minimum atomic E-state index is -0.415. The van der Waals surface area contributed by atoms with Crippen LogP contribution >= 0.6 is 11.3 Å². The topological polar surface area (TPSA) is 81.0 Å². The summed E-state index contributed by atoms with van der Waals surface area (Å²) < 4.78 is 0. The lowest BCUT2D eigenvalue weighted by atomic mass is 10.1. The van der Waals surface area contributed by atoms with E-state index >= 15 is 0 Å². The van der Waals surface area contributed by atoms with Crippen molar-refractivity contribution in [3.63, 3.8) is 0 Å². The first kappa shape index (κ1) is 13.2. The highest BCUT2D eigenvalue weighted by atomic mass is 32.1. The van der Waals surface area contributed by atoms with E-state index in [0.717, 1.165) is 22.1 Å². The average Bonchev–Trinajstić information content (AvgIpc) is 2.97. The van der Waals surface area contributed by atoms with E-state index in [2.05, 4.69) is 15.3 Å². The zero-order valence-electron chi connectivity index (χ0n) is 10.8. The van der Waals surface area contributed by atoms with Crippen LogP contribution in [0.3, 0.4) is 0 Å². The van der Waals surface area contributed by atoms with E-state index < -0.39 is 4.92 Å². The maximum atomic E-state index is 10.6. The second-order valence-corrected chi connectivity index (χ2v) is 5.06. The number of hydrogen-bond acceptors (Lipinski definition) is 6.